The smallest absolute Gasteiger partial charge is 0.275 e. The molecule has 2 N–H and O–H groups in total. The van der Waals surface area contributed by atoms with Crippen LogP contribution >= 0.6 is 0 Å². The number of rotatable bonds is 8. The minimum atomic E-state index is -0.256. The lowest BCUT2D eigenvalue weighted by Gasteiger charge is -2.11. The van der Waals surface area contributed by atoms with E-state index in [2.05, 4.69) is 20.9 Å². The molecule has 0 aliphatic heterocycles. The highest BCUT2D eigenvalue weighted by atomic mass is 16.2. The number of hydrogen-bond donors (Lipinski definition) is 2. The highest BCUT2D eigenvalue weighted by molar-refractivity contribution is 5.96. The third-order valence-corrected chi connectivity index (χ3v) is 4.72. The Morgan fingerprint density at radius 2 is 1.27 bits per heavy atom. The van der Waals surface area contributed by atoms with Crippen molar-refractivity contribution >= 4 is 11.7 Å². The predicted molar refractivity (Wildman–Crippen MR) is 117 cm³/mol. The molecule has 3 aromatic carbocycles. The number of benzene rings is 3. The van der Waals surface area contributed by atoms with E-state index in [1.165, 1.54) is 0 Å². The summed E-state index contributed by atoms with van der Waals surface area (Å²) in [6.45, 7) is 1.53. The molecule has 0 fully saturated rings. The zero-order valence-electron chi connectivity index (χ0n) is 16.5. The molecule has 6 heteroatoms. The summed E-state index contributed by atoms with van der Waals surface area (Å²) < 4.78 is 1.73. The fourth-order valence-corrected chi connectivity index (χ4v) is 3.15. The second-order valence-corrected chi connectivity index (χ2v) is 6.94. The molecule has 0 saturated heterocycles. The Kier molecular flexibility index (Phi) is 6.15. The van der Waals surface area contributed by atoms with Gasteiger partial charge < -0.3 is 10.6 Å². The van der Waals surface area contributed by atoms with Crippen molar-refractivity contribution in [1.82, 2.24) is 20.3 Å². The lowest BCUT2D eigenvalue weighted by Crippen LogP contribution is -2.24. The van der Waals surface area contributed by atoms with Gasteiger partial charge in [-0.2, -0.15) is 0 Å². The molecular weight excluding hydrogens is 374 g/mol. The van der Waals surface area contributed by atoms with E-state index >= 15 is 0 Å². The predicted octanol–water partition coefficient (Wildman–Crippen LogP) is 3.87. The van der Waals surface area contributed by atoms with E-state index in [1.54, 1.807) is 4.68 Å². The van der Waals surface area contributed by atoms with Gasteiger partial charge in [-0.1, -0.05) is 96.2 Å². The van der Waals surface area contributed by atoms with Crippen LogP contribution in [-0.4, -0.2) is 20.9 Å². The van der Waals surface area contributed by atoms with Gasteiger partial charge in [0.25, 0.3) is 5.91 Å². The van der Waals surface area contributed by atoms with Crippen LogP contribution in [0.5, 0.6) is 0 Å². The molecule has 0 unspecified atom stereocenters. The van der Waals surface area contributed by atoms with Crippen molar-refractivity contribution in [2.45, 2.75) is 19.6 Å². The largest absolute Gasteiger partial charge is 0.364 e. The number of carbonyl (C=O) groups is 1. The van der Waals surface area contributed by atoms with Crippen molar-refractivity contribution < 1.29 is 4.79 Å². The van der Waals surface area contributed by atoms with Gasteiger partial charge in [-0.25, -0.2) is 4.68 Å². The van der Waals surface area contributed by atoms with E-state index < -0.39 is 0 Å². The van der Waals surface area contributed by atoms with Crippen LogP contribution in [0.15, 0.2) is 91.0 Å². The third-order valence-electron chi connectivity index (χ3n) is 4.72. The fourth-order valence-electron chi connectivity index (χ4n) is 3.15. The Hall–Kier alpha value is -3.93. The lowest BCUT2D eigenvalue weighted by atomic mass is 10.2. The van der Waals surface area contributed by atoms with Crippen molar-refractivity contribution in [2.75, 3.05) is 5.32 Å². The van der Waals surface area contributed by atoms with Crippen molar-refractivity contribution in [3.63, 3.8) is 0 Å². The molecule has 0 bridgehead atoms. The molecule has 1 amide bonds. The van der Waals surface area contributed by atoms with E-state index in [4.69, 9.17) is 0 Å². The zero-order chi connectivity index (χ0) is 20.6. The Morgan fingerprint density at radius 3 is 1.87 bits per heavy atom. The minimum Gasteiger partial charge on any atom is -0.364 e. The van der Waals surface area contributed by atoms with Crippen LogP contribution in [0.2, 0.25) is 0 Å². The van der Waals surface area contributed by atoms with Gasteiger partial charge in [0.1, 0.15) is 0 Å². The van der Waals surface area contributed by atoms with E-state index in [-0.39, 0.29) is 11.6 Å². The van der Waals surface area contributed by atoms with Gasteiger partial charge in [0.05, 0.1) is 6.54 Å². The molecule has 0 saturated carbocycles. The summed E-state index contributed by atoms with van der Waals surface area (Å²) in [6, 6.07) is 29.8. The molecule has 0 radical (unpaired) electrons. The van der Waals surface area contributed by atoms with Gasteiger partial charge in [0, 0.05) is 13.1 Å². The van der Waals surface area contributed by atoms with E-state index in [0.717, 1.165) is 16.7 Å². The Morgan fingerprint density at radius 1 is 0.733 bits per heavy atom. The molecule has 150 valence electrons. The van der Waals surface area contributed by atoms with E-state index in [9.17, 15) is 4.79 Å². The number of hydrogen-bond acceptors (Lipinski definition) is 4. The summed E-state index contributed by atoms with van der Waals surface area (Å²) in [7, 11) is 0. The summed E-state index contributed by atoms with van der Waals surface area (Å²) in [5.41, 5.74) is 3.51. The van der Waals surface area contributed by atoms with Crippen molar-refractivity contribution in [2.24, 2.45) is 0 Å². The SMILES string of the molecule is O=C(NCc1ccccc1)c1nnn(Cc2ccccc2)c1NCc1ccccc1. The van der Waals surface area contributed by atoms with Crippen LogP contribution in [0, 0.1) is 0 Å². The van der Waals surface area contributed by atoms with Gasteiger partial charge in [-0.3, -0.25) is 4.79 Å². The standard InChI is InChI=1S/C24H23N5O/c30-24(26-17-20-12-6-2-7-13-20)22-23(25-16-19-10-4-1-5-11-19)29(28-27-22)18-21-14-8-3-9-15-21/h1-15,25H,16-18H2,(H,26,30). The maximum atomic E-state index is 12.8. The maximum Gasteiger partial charge on any atom is 0.275 e. The molecular formula is C24H23N5O. The van der Waals surface area contributed by atoms with Gasteiger partial charge >= 0.3 is 0 Å². The summed E-state index contributed by atoms with van der Waals surface area (Å²) >= 11 is 0. The Labute approximate surface area is 175 Å². The van der Waals surface area contributed by atoms with Crippen molar-refractivity contribution in [1.29, 1.82) is 0 Å². The average Bonchev–Trinajstić information content (AvgIpc) is 3.20. The second-order valence-electron chi connectivity index (χ2n) is 6.94. The molecule has 30 heavy (non-hydrogen) atoms. The summed E-state index contributed by atoms with van der Waals surface area (Å²) in [6.07, 6.45) is 0. The van der Waals surface area contributed by atoms with Crippen molar-refractivity contribution in [3.8, 4) is 0 Å². The maximum absolute atomic E-state index is 12.8. The fraction of sp³-hybridized carbons (Fsp3) is 0.125. The monoisotopic (exact) mass is 397 g/mol. The summed E-state index contributed by atoms with van der Waals surface area (Å²) in [5, 5.41) is 14.7. The molecule has 0 aliphatic rings. The van der Waals surface area contributed by atoms with E-state index in [0.29, 0.717) is 25.5 Å². The summed E-state index contributed by atoms with van der Waals surface area (Å²) in [5.74, 6) is 0.349. The first-order valence-corrected chi connectivity index (χ1v) is 9.87. The Balaban J connectivity index is 1.54. The third kappa shape index (κ3) is 4.91. The highest BCUT2D eigenvalue weighted by Gasteiger charge is 2.20. The number of nitrogens with one attached hydrogen (secondary N) is 2. The first-order valence-electron chi connectivity index (χ1n) is 9.87. The van der Waals surface area contributed by atoms with Crippen LogP contribution in [0.25, 0.3) is 0 Å². The zero-order valence-corrected chi connectivity index (χ0v) is 16.5. The molecule has 0 aliphatic carbocycles. The second kappa shape index (κ2) is 9.52. The van der Waals surface area contributed by atoms with Crippen LogP contribution in [0.3, 0.4) is 0 Å². The van der Waals surface area contributed by atoms with Crippen LogP contribution in [0.1, 0.15) is 27.2 Å². The van der Waals surface area contributed by atoms with Gasteiger partial charge in [-0.05, 0) is 16.7 Å². The summed E-state index contributed by atoms with van der Waals surface area (Å²) in [4.78, 5) is 12.8. The molecule has 6 nitrogen and oxygen atoms in total. The first kappa shape index (κ1) is 19.4. The number of nitrogens with zero attached hydrogens (tertiary/aromatic N) is 3. The first-order chi connectivity index (χ1) is 14.8. The number of anilines is 1. The highest BCUT2D eigenvalue weighted by Crippen LogP contribution is 2.16. The molecule has 4 rings (SSSR count). The van der Waals surface area contributed by atoms with Gasteiger partial charge in [0.2, 0.25) is 0 Å². The molecule has 1 aromatic heterocycles. The average molecular weight is 397 g/mol. The lowest BCUT2D eigenvalue weighted by molar-refractivity contribution is 0.0946. The Bertz CT molecular complexity index is 1080. The van der Waals surface area contributed by atoms with Crippen LogP contribution < -0.4 is 10.6 Å². The van der Waals surface area contributed by atoms with Crippen molar-refractivity contribution in [3.05, 3.63) is 113 Å². The number of aromatic nitrogens is 3. The molecule has 1 heterocycles. The topological polar surface area (TPSA) is 71.8 Å². The minimum absolute atomic E-state index is 0.256. The molecule has 0 spiro atoms. The quantitative estimate of drug-likeness (QED) is 0.473. The van der Waals surface area contributed by atoms with Crippen LogP contribution in [0.4, 0.5) is 5.82 Å². The molecule has 4 aromatic rings. The van der Waals surface area contributed by atoms with Gasteiger partial charge in [-0.15, -0.1) is 5.10 Å². The van der Waals surface area contributed by atoms with E-state index in [1.807, 2.05) is 91.0 Å². The molecule has 0 atom stereocenters. The number of amides is 1. The van der Waals surface area contributed by atoms with Crippen LogP contribution in [-0.2, 0) is 19.6 Å². The normalized spacial score (nSPS) is 10.5. The van der Waals surface area contributed by atoms with Gasteiger partial charge in [0.15, 0.2) is 11.5 Å². The number of carbonyl (C=O) groups excluding carboxylic acids is 1.